The van der Waals surface area contributed by atoms with E-state index in [-0.39, 0.29) is 0 Å². The number of fused-ring (bicyclic) bond motifs is 1. The summed E-state index contributed by atoms with van der Waals surface area (Å²) in [7, 11) is 1.67. The molecule has 0 unspecified atom stereocenters. The number of nitrogens with one attached hydrogen (secondary N) is 1. The molecule has 0 fully saturated rings. The van der Waals surface area contributed by atoms with Gasteiger partial charge in [-0.15, -0.1) is 5.10 Å². The van der Waals surface area contributed by atoms with Gasteiger partial charge in [-0.1, -0.05) is 36.4 Å². The molecule has 1 aliphatic rings. The van der Waals surface area contributed by atoms with Crippen LogP contribution in [0.5, 0.6) is 5.75 Å². The molecule has 2 aromatic carbocycles. The standard InChI is InChI=1S/C20H21N5O/c1-26-18-8-6-15(7-9-18)12-21-19-13-22-24-20(23-19)25-11-10-16-4-2-3-5-17(16)14-25/h2-9,13H,10-12,14H2,1H3,(H,21,23,24). The molecule has 3 aromatic rings. The van der Waals surface area contributed by atoms with E-state index < -0.39 is 0 Å². The third-order valence-electron chi connectivity index (χ3n) is 4.59. The molecule has 0 aliphatic carbocycles. The minimum absolute atomic E-state index is 0.666. The second-order valence-electron chi connectivity index (χ2n) is 6.28. The highest BCUT2D eigenvalue weighted by Crippen LogP contribution is 2.22. The maximum Gasteiger partial charge on any atom is 0.247 e. The molecule has 0 atom stereocenters. The number of anilines is 2. The maximum atomic E-state index is 5.18. The summed E-state index contributed by atoms with van der Waals surface area (Å²) in [6, 6.07) is 16.5. The second kappa shape index (κ2) is 7.39. The van der Waals surface area contributed by atoms with Crippen molar-refractivity contribution in [1.82, 2.24) is 15.2 Å². The zero-order chi connectivity index (χ0) is 17.8. The third-order valence-corrected chi connectivity index (χ3v) is 4.59. The van der Waals surface area contributed by atoms with Gasteiger partial charge in [-0.05, 0) is 35.2 Å². The van der Waals surface area contributed by atoms with E-state index >= 15 is 0 Å². The Balaban J connectivity index is 1.43. The highest BCUT2D eigenvalue weighted by atomic mass is 16.5. The molecule has 6 heteroatoms. The van der Waals surface area contributed by atoms with Crippen molar-refractivity contribution in [3.8, 4) is 5.75 Å². The minimum Gasteiger partial charge on any atom is -0.497 e. The number of hydrogen-bond acceptors (Lipinski definition) is 6. The van der Waals surface area contributed by atoms with Crippen LogP contribution in [0.4, 0.5) is 11.8 Å². The minimum atomic E-state index is 0.666. The summed E-state index contributed by atoms with van der Waals surface area (Å²) in [5.41, 5.74) is 3.89. The van der Waals surface area contributed by atoms with Gasteiger partial charge in [0.2, 0.25) is 5.95 Å². The zero-order valence-electron chi connectivity index (χ0n) is 14.7. The van der Waals surface area contributed by atoms with Crippen LogP contribution in [0, 0.1) is 0 Å². The maximum absolute atomic E-state index is 5.18. The second-order valence-corrected chi connectivity index (χ2v) is 6.28. The van der Waals surface area contributed by atoms with Gasteiger partial charge in [0.1, 0.15) is 5.75 Å². The molecule has 4 rings (SSSR count). The van der Waals surface area contributed by atoms with Crippen LogP contribution in [0.2, 0.25) is 0 Å². The monoisotopic (exact) mass is 347 g/mol. The van der Waals surface area contributed by atoms with E-state index in [2.05, 4.69) is 49.7 Å². The smallest absolute Gasteiger partial charge is 0.247 e. The lowest BCUT2D eigenvalue weighted by molar-refractivity contribution is 0.414. The largest absolute Gasteiger partial charge is 0.497 e. The van der Waals surface area contributed by atoms with E-state index in [1.807, 2.05) is 24.3 Å². The van der Waals surface area contributed by atoms with Gasteiger partial charge in [0.15, 0.2) is 5.82 Å². The molecular weight excluding hydrogens is 326 g/mol. The number of rotatable bonds is 5. The lowest BCUT2D eigenvalue weighted by Gasteiger charge is -2.28. The molecule has 1 aromatic heterocycles. The van der Waals surface area contributed by atoms with E-state index in [1.165, 1.54) is 11.1 Å². The molecule has 0 saturated heterocycles. The Labute approximate surface area is 152 Å². The fraction of sp³-hybridized carbons (Fsp3) is 0.250. The molecule has 0 radical (unpaired) electrons. The molecule has 1 N–H and O–H groups in total. The number of ether oxygens (including phenoxy) is 1. The summed E-state index contributed by atoms with van der Waals surface area (Å²) in [5.74, 6) is 2.24. The van der Waals surface area contributed by atoms with Crippen molar-refractivity contribution in [2.45, 2.75) is 19.5 Å². The average molecular weight is 347 g/mol. The fourth-order valence-corrected chi connectivity index (χ4v) is 3.12. The van der Waals surface area contributed by atoms with Crippen molar-refractivity contribution >= 4 is 11.8 Å². The molecule has 132 valence electrons. The molecule has 26 heavy (non-hydrogen) atoms. The van der Waals surface area contributed by atoms with Gasteiger partial charge in [-0.2, -0.15) is 10.1 Å². The quantitative estimate of drug-likeness (QED) is 0.765. The molecule has 2 heterocycles. The number of hydrogen-bond donors (Lipinski definition) is 1. The first kappa shape index (κ1) is 16.3. The van der Waals surface area contributed by atoms with Crippen LogP contribution in [0.1, 0.15) is 16.7 Å². The Bertz CT molecular complexity index is 881. The van der Waals surface area contributed by atoms with Crippen LogP contribution >= 0.6 is 0 Å². The fourth-order valence-electron chi connectivity index (χ4n) is 3.12. The van der Waals surface area contributed by atoms with Crippen molar-refractivity contribution in [3.63, 3.8) is 0 Å². The van der Waals surface area contributed by atoms with E-state index in [4.69, 9.17) is 4.74 Å². The van der Waals surface area contributed by atoms with Gasteiger partial charge < -0.3 is 15.0 Å². The van der Waals surface area contributed by atoms with Crippen LogP contribution in [0.3, 0.4) is 0 Å². The summed E-state index contributed by atoms with van der Waals surface area (Å²) < 4.78 is 5.18. The van der Waals surface area contributed by atoms with Gasteiger partial charge >= 0.3 is 0 Å². The molecule has 0 saturated carbocycles. The first-order valence-electron chi connectivity index (χ1n) is 8.70. The molecule has 0 spiro atoms. The number of nitrogens with zero attached hydrogens (tertiary/aromatic N) is 4. The first-order valence-corrected chi connectivity index (χ1v) is 8.70. The van der Waals surface area contributed by atoms with Crippen LogP contribution in [0.15, 0.2) is 54.7 Å². The Kier molecular flexibility index (Phi) is 4.64. The topological polar surface area (TPSA) is 63.2 Å². The van der Waals surface area contributed by atoms with Crippen LogP contribution in [0.25, 0.3) is 0 Å². The van der Waals surface area contributed by atoms with E-state index in [0.717, 1.165) is 36.6 Å². The summed E-state index contributed by atoms with van der Waals surface area (Å²) in [6.45, 7) is 2.39. The van der Waals surface area contributed by atoms with Gasteiger partial charge in [-0.25, -0.2) is 0 Å². The molecule has 6 nitrogen and oxygen atoms in total. The Morgan fingerprint density at radius 1 is 1.08 bits per heavy atom. The summed E-state index contributed by atoms with van der Waals surface area (Å²) in [5, 5.41) is 11.7. The van der Waals surface area contributed by atoms with Gasteiger partial charge in [0.25, 0.3) is 0 Å². The Hall–Kier alpha value is -3.15. The highest BCUT2D eigenvalue weighted by molar-refractivity contribution is 5.43. The van der Waals surface area contributed by atoms with Gasteiger partial charge in [0.05, 0.1) is 13.3 Å². The van der Waals surface area contributed by atoms with Crippen LogP contribution in [-0.2, 0) is 19.5 Å². The van der Waals surface area contributed by atoms with E-state index in [0.29, 0.717) is 12.5 Å². The predicted molar refractivity (Wildman–Crippen MR) is 101 cm³/mol. The van der Waals surface area contributed by atoms with E-state index in [9.17, 15) is 0 Å². The normalized spacial score (nSPS) is 13.2. The highest BCUT2D eigenvalue weighted by Gasteiger charge is 2.18. The Morgan fingerprint density at radius 3 is 2.69 bits per heavy atom. The van der Waals surface area contributed by atoms with Gasteiger partial charge in [-0.3, -0.25) is 0 Å². The van der Waals surface area contributed by atoms with Crippen LogP contribution in [-0.4, -0.2) is 28.8 Å². The molecule has 0 bridgehead atoms. The van der Waals surface area contributed by atoms with Crippen molar-refractivity contribution in [3.05, 3.63) is 71.4 Å². The van der Waals surface area contributed by atoms with Crippen LogP contribution < -0.4 is 15.0 Å². The molecule has 0 amide bonds. The zero-order valence-corrected chi connectivity index (χ0v) is 14.7. The number of benzene rings is 2. The average Bonchev–Trinajstić information content (AvgIpc) is 2.72. The lowest BCUT2D eigenvalue weighted by atomic mass is 10.0. The van der Waals surface area contributed by atoms with Crippen molar-refractivity contribution in [1.29, 1.82) is 0 Å². The predicted octanol–water partition coefficient (Wildman–Crippen LogP) is 3.06. The summed E-state index contributed by atoms with van der Waals surface area (Å²) >= 11 is 0. The van der Waals surface area contributed by atoms with Gasteiger partial charge in [0, 0.05) is 19.6 Å². The number of aromatic nitrogens is 3. The summed E-state index contributed by atoms with van der Waals surface area (Å²) in [6.07, 6.45) is 2.66. The third kappa shape index (κ3) is 3.59. The van der Waals surface area contributed by atoms with Crippen molar-refractivity contribution in [2.24, 2.45) is 0 Å². The molecular formula is C20H21N5O. The SMILES string of the molecule is COc1ccc(CNc2cnnc(N3CCc4ccccc4C3)n2)cc1. The van der Waals surface area contributed by atoms with Crippen molar-refractivity contribution < 1.29 is 4.74 Å². The van der Waals surface area contributed by atoms with Crippen molar-refractivity contribution in [2.75, 3.05) is 23.9 Å². The molecule has 1 aliphatic heterocycles. The summed E-state index contributed by atoms with van der Waals surface area (Å²) in [4.78, 5) is 6.81. The first-order chi connectivity index (χ1) is 12.8. The lowest BCUT2D eigenvalue weighted by Crippen LogP contribution is -2.32. The Morgan fingerprint density at radius 2 is 1.88 bits per heavy atom. The number of methoxy groups -OCH3 is 1. The van der Waals surface area contributed by atoms with E-state index in [1.54, 1.807) is 13.3 Å².